The van der Waals surface area contributed by atoms with Gasteiger partial charge >= 0.3 is 5.97 Å². The van der Waals surface area contributed by atoms with Gasteiger partial charge in [-0.3, -0.25) is 4.79 Å². The highest BCUT2D eigenvalue weighted by atomic mass is 16.5. The molecule has 0 amide bonds. The van der Waals surface area contributed by atoms with Crippen LogP contribution in [-0.2, 0) is 9.53 Å². The normalized spacial score (nSPS) is 18.1. The first-order valence-corrected chi connectivity index (χ1v) is 9.79. The second-order valence-corrected chi connectivity index (χ2v) is 6.97. The fourth-order valence-corrected chi connectivity index (χ4v) is 3.79. The summed E-state index contributed by atoms with van der Waals surface area (Å²) in [6.45, 7) is 7.21. The molecule has 0 unspecified atom stereocenters. The van der Waals surface area contributed by atoms with Crippen LogP contribution in [0.1, 0.15) is 57.4 Å². The molecule has 25 heavy (non-hydrogen) atoms. The van der Waals surface area contributed by atoms with Crippen molar-refractivity contribution in [2.45, 2.75) is 58.0 Å². The average Bonchev–Trinajstić information content (AvgIpc) is 2.67. The molecular weight excluding hydrogens is 314 g/mol. The Morgan fingerprint density at radius 2 is 1.80 bits per heavy atom. The van der Waals surface area contributed by atoms with E-state index in [2.05, 4.69) is 18.7 Å². The maximum absolute atomic E-state index is 12.8. The minimum atomic E-state index is -0.663. The zero-order chi connectivity index (χ0) is 18.1. The van der Waals surface area contributed by atoms with Gasteiger partial charge in [0.2, 0.25) is 0 Å². The number of carbonyl (C=O) groups excluding carboxylic acids is 1. The molecule has 2 atom stereocenters. The van der Waals surface area contributed by atoms with E-state index in [0.717, 1.165) is 50.9 Å². The summed E-state index contributed by atoms with van der Waals surface area (Å²) < 4.78 is 5.56. The van der Waals surface area contributed by atoms with Crippen molar-refractivity contribution in [3.8, 4) is 0 Å². The summed E-state index contributed by atoms with van der Waals surface area (Å²) in [6, 6.07) is 9.60. The van der Waals surface area contributed by atoms with E-state index in [9.17, 15) is 9.90 Å². The van der Waals surface area contributed by atoms with E-state index in [0.29, 0.717) is 6.61 Å². The number of ether oxygens (including phenoxy) is 1. The first kappa shape index (κ1) is 19.9. The van der Waals surface area contributed by atoms with Crippen molar-refractivity contribution in [1.82, 2.24) is 4.90 Å². The van der Waals surface area contributed by atoms with E-state index >= 15 is 0 Å². The molecule has 2 rings (SSSR count). The summed E-state index contributed by atoms with van der Waals surface area (Å²) >= 11 is 0. The topological polar surface area (TPSA) is 49.8 Å². The molecule has 0 aromatic heterocycles. The average molecular weight is 347 g/mol. The zero-order valence-electron chi connectivity index (χ0n) is 15.7. The van der Waals surface area contributed by atoms with Crippen LogP contribution in [0.3, 0.4) is 0 Å². The highest BCUT2D eigenvalue weighted by molar-refractivity contribution is 5.79. The molecule has 1 aromatic carbocycles. The summed E-state index contributed by atoms with van der Waals surface area (Å²) in [7, 11) is 0. The summed E-state index contributed by atoms with van der Waals surface area (Å²) in [5, 5.41) is 10.9. The molecule has 4 nitrogen and oxygen atoms in total. The van der Waals surface area contributed by atoms with Crippen molar-refractivity contribution in [2.75, 3.05) is 26.2 Å². The highest BCUT2D eigenvalue weighted by Gasteiger charge is 2.35. The summed E-state index contributed by atoms with van der Waals surface area (Å²) in [5.41, 5.74) is 0.855. The Balaban J connectivity index is 2.04. The number of esters is 1. The summed E-state index contributed by atoms with van der Waals surface area (Å²) in [4.78, 5) is 15.0. The van der Waals surface area contributed by atoms with Crippen LogP contribution >= 0.6 is 0 Å². The fraction of sp³-hybridized carbons (Fsp3) is 0.667. The van der Waals surface area contributed by atoms with Gasteiger partial charge in [-0.1, -0.05) is 63.4 Å². The number of hydrogen-bond donors (Lipinski definition) is 1. The van der Waals surface area contributed by atoms with Crippen LogP contribution in [-0.4, -0.2) is 48.3 Å². The molecule has 1 fully saturated rings. The third-order valence-corrected chi connectivity index (χ3v) is 5.43. The van der Waals surface area contributed by atoms with Gasteiger partial charge in [0.15, 0.2) is 0 Å². The van der Waals surface area contributed by atoms with E-state index in [-0.39, 0.29) is 11.9 Å². The minimum Gasteiger partial charge on any atom is -0.464 e. The Hall–Kier alpha value is -1.39. The SMILES string of the molecule is CCN(CC)CCOC(=O)[C@@H](c1ccccc1)[C@@H](O)C1CCCCC1. The molecule has 0 bridgehead atoms. The van der Waals surface area contributed by atoms with Crippen molar-refractivity contribution in [3.63, 3.8) is 0 Å². The number of benzene rings is 1. The first-order valence-electron chi connectivity index (χ1n) is 9.79. The predicted molar refractivity (Wildman–Crippen MR) is 101 cm³/mol. The van der Waals surface area contributed by atoms with E-state index in [1.807, 2.05) is 30.3 Å². The van der Waals surface area contributed by atoms with Crippen LogP contribution in [0, 0.1) is 5.92 Å². The highest BCUT2D eigenvalue weighted by Crippen LogP contribution is 2.34. The Morgan fingerprint density at radius 3 is 2.40 bits per heavy atom. The lowest BCUT2D eigenvalue weighted by Gasteiger charge is -2.31. The van der Waals surface area contributed by atoms with Crippen molar-refractivity contribution in [2.24, 2.45) is 5.92 Å². The molecule has 1 saturated carbocycles. The van der Waals surface area contributed by atoms with Crippen molar-refractivity contribution < 1.29 is 14.6 Å². The number of likely N-dealkylation sites (N-methyl/N-ethyl adjacent to an activating group) is 1. The molecule has 0 radical (unpaired) electrons. The molecule has 1 aliphatic carbocycles. The van der Waals surface area contributed by atoms with Crippen molar-refractivity contribution in [1.29, 1.82) is 0 Å². The number of nitrogens with zero attached hydrogens (tertiary/aromatic N) is 1. The Labute approximate surface area is 152 Å². The molecule has 4 heteroatoms. The van der Waals surface area contributed by atoms with E-state index in [1.165, 1.54) is 6.42 Å². The minimum absolute atomic E-state index is 0.189. The number of hydrogen-bond acceptors (Lipinski definition) is 4. The predicted octanol–water partition coefficient (Wildman–Crippen LogP) is 3.60. The van der Waals surface area contributed by atoms with Crippen LogP contribution in [0.2, 0.25) is 0 Å². The van der Waals surface area contributed by atoms with Crippen LogP contribution < -0.4 is 0 Å². The van der Waals surface area contributed by atoms with Gasteiger partial charge in [0, 0.05) is 6.54 Å². The lowest BCUT2D eigenvalue weighted by molar-refractivity contribution is -0.150. The van der Waals surface area contributed by atoms with E-state index in [4.69, 9.17) is 4.74 Å². The molecule has 0 heterocycles. The third kappa shape index (κ3) is 5.82. The van der Waals surface area contributed by atoms with Gasteiger partial charge in [-0.25, -0.2) is 0 Å². The Bertz CT molecular complexity index is 495. The van der Waals surface area contributed by atoms with Crippen LogP contribution in [0.5, 0.6) is 0 Å². The van der Waals surface area contributed by atoms with Crippen molar-refractivity contribution in [3.05, 3.63) is 35.9 Å². The molecule has 140 valence electrons. The van der Waals surface area contributed by atoms with Gasteiger partial charge < -0.3 is 14.7 Å². The smallest absolute Gasteiger partial charge is 0.316 e. The van der Waals surface area contributed by atoms with Crippen LogP contribution in [0.4, 0.5) is 0 Å². The Kier molecular flexibility index (Phi) is 8.42. The maximum Gasteiger partial charge on any atom is 0.316 e. The van der Waals surface area contributed by atoms with E-state index in [1.54, 1.807) is 0 Å². The lowest BCUT2D eigenvalue weighted by atomic mass is 9.78. The number of aliphatic hydroxyl groups is 1. The summed E-state index contributed by atoms with van der Waals surface area (Å²) in [5.74, 6) is -0.688. The second kappa shape index (κ2) is 10.6. The molecule has 0 aliphatic heterocycles. The van der Waals surface area contributed by atoms with Gasteiger partial charge in [-0.05, 0) is 37.4 Å². The second-order valence-electron chi connectivity index (χ2n) is 6.97. The molecule has 1 aromatic rings. The van der Waals surface area contributed by atoms with Gasteiger partial charge in [-0.2, -0.15) is 0 Å². The summed E-state index contributed by atoms with van der Waals surface area (Å²) in [6.07, 6.45) is 4.84. The zero-order valence-corrected chi connectivity index (χ0v) is 15.7. The van der Waals surface area contributed by atoms with Gasteiger partial charge in [-0.15, -0.1) is 0 Å². The largest absolute Gasteiger partial charge is 0.464 e. The Morgan fingerprint density at radius 1 is 1.16 bits per heavy atom. The van der Waals surface area contributed by atoms with Gasteiger partial charge in [0.1, 0.15) is 12.5 Å². The number of rotatable bonds is 9. The van der Waals surface area contributed by atoms with Crippen LogP contribution in [0.15, 0.2) is 30.3 Å². The maximum atomic E-state index is 12.8. The van der Waals surface area contributed by atoms with Gasteiger partial charge in [0.25, 0.3) is 0 Å². The monoisotopic (exact) mass is 347 g/mol. The standard InChI is InChI=1S/C21H33NO3/c1-3-22(4-2)15-16-25-21(24)19(17-11-7-5-8-12-17)20(23)18-13-9-6-10-14-18/h5,7-8,11-12,18-20,23H,3-4,6,9-10,13-16H2,1-2H3/t19-,20-/m0/s1. The van der Waals surface area contributed by atoms with Crippen LogP contribution in [0.25, 0.3) is 0 Å². The van der Waals surface area contributed by atoms with Gasteiger partial charge in [0.05, 0.1) is 6.10 Å². The quantitative estimate of drug-likeness (QED) is 0.694. The van der Waals surface area contributed by atoms with E-state index < -0.39 is 12.0 Å². The third-order valence-electron chi connectivity index (χ3n) is 5.43. The fourth-order valence-electron chi connectivity index (χ4n) is 3.79. The number of aliphatic hydroxyl groups excluding tert-OH is 1. The lowest BCUT2D eigenvalue weighted by Crippen LogP contribution is -2.36. The molecule has 1 N–H and O–H groups in total. The number of carbonyl (C=O) groups is 1. The van der Waals surface area contributed by atoms with Crippen molar-refractivity contribution >= 4 is 5.97 Å². The molecular formula is C21H33NO3. The molecule has 0 spiro atoms. The molecule has 1 aliphatic rings. The first-order chi connectivity index (χ1) is 12.2. The molecule has 0 saturated heterocycles.